The van der Waals surface area contributed by atoms with Crippen molar-refractivity contribution in [3.05, 3.63) is 50.4 Å². The number of pyridine rings is 1. The standard InChI is InChI=1S/C14H15BrN2S/c15-14-8-11-12(2-1-3-13(11)18-14)17-9-10-4-6-16-7-5-10/h4-8,12,17H,1-3,9H2. The van der Waals surface area contributed by atoms with Gasteiger partial charge in [0.15, 0.2) is 0 Å². The molecule has 2 aromatic rings. The monoisotopic (exact) mass is 322 g/mol. The second kappa shape index (κ2) is 5.51. The summed E-state index contributed by atoms with van der Waals surface area (Å²) < 4.78 is 1.25. The molecule has 3 rings (SSSR count). The summed E-state index contributed by atoms with van der Waals surface area (Å²) in [7, 11) is 0. The van der Waals surface area contributed by atoms with Gasteiger partial charge in [-0.3, -0.25) is 4.98 Å². The molecule has 0 saturated carbocycles. The van der Waals surface area contributed by atoms with Gasteiger partial charge in [-0.2, -0.15) is 0 Å². The maximum atomic E-state index is 4.05. The number of aryl methyl sites for hydroxylation is 1. The Hall–Kier alpha value is -0.710. The van der Waals surface area contributed by atoms with Crippen LogP contribution in [-0.4, -0.2) is 4.98 Å². The predicted octanol–water partition coefficient (Wildman–Crippen LogP) is 4.07. The van der Waals surface area contributed by atoms with Crippen molar-refractivity contribution in [1.82, 2.24) is 10.3 Å². The maximum absolute atomic E-state index is 4.05. The fourth-order valence-corrected chi connectivity index (χ4v) is 4.29. The third-order valence-corrected chi connectivity index (χ3v) is 5.10. The number of halogens is 1. The molecule has 94 valence electrons. The number of thiophene rings is 1. The SMILES string of the molecule is Brc1cc2c(s1)CCCC2NCc1ccncc1. The van der Waals surface area contributed by atoms with Gasteiger partial charge in [0.25, 0.3) is 0 Å². The van der Waals surface area contributed by atoms with Gasteiger partial charge in [-0.05, 0) is 64.5 Å². The van der Waals surface area contributed by atoms with Crippen molar-refractivity contribution in [2.75, 3.05) is 0 Å². The van der Waals surface area contributed by atoms with Crippen LogP contribution in [0.25, 0.3) is 0 Å². The summed E-state index contributed by atoms with van der Waals surface area (Å²) in [4.78, 5) is 5.59. The largest absolute Gasteiger partial charge is 0.306 e. The lowest BCUT2D eigenvalue weighted by Gasteiger charge is -2.23. The van der Waals surface area contributed by atoms with Crippen molar-refractivity contribution >= 4 is 27.3 Å². The molecule has 1 atom stereocenters. The summed E-state index contributed by atoms with van der Waals surface area (Å²) in [5.41, 5.74) is 2.79. The molecule has 1 aliphatic rings. The first-order chi connectivity index (χ1) is 8.83. The molecule has 2 nitrogen and oxygen atoms in total. The van der Waals surface area contributed by atoms with Crippen molar-refractivity contribution in [3.63, 3.8) is 0 Å². The van der Waals surface area contributed by atoms with Crippen LogP contribution in [0, 0.1) is 0 Å². The number of rotatable bonds is 3. The van der Waals surface area contributed by atoms with Crippen molar-refractivity contribution in [2.24, 2.45) is 0 Å². The molecular formula is C14H15BrN2S. The van der Waals surface area contributed by atoms with Crippen molar-refractivity contribution < 1.29 is 0 Å². The molecule has 1 aliphatic carbocycles. The second-order valence-corrected chi connectivity index (χ2v) is 7.13. The summed E-state index contributed by atoms with van der Waals surface area (Å²) in [6, 6.07) is 6.92. The third-order valence-electron chi connectivity index (χ3n) is 3.39. The van der Waals surface area contributed by atoms with Crippen molar-refractivity contribution in [2.45, 2.75) is 31.8 Å². The molecule has 0 aromatic carbocycles. The van der Waals surface area contributed by atoms with Crippen LogP contribution in [-0.2, 0) is 13.0 Å². The molecule has 0 fully saturated rings. The highest BCUT2D eigenvalue weighted by molar-refractivity contribution is 9.11. The van der Waals surface area contributed by atoms with Crippen LogP contribution in [0.3, 0.4) is 0 Å². The average molecular weight is 323 g/mol. The van der Waals surface area contributed by atoms with E-state index in [1.807, 2.05) is 23.7 Å². The van der Waals surface area contributed by atoms with Crippen LogP contribution in [0.1, 0.15) is 34.9 Å². The first-order valence-corrected chi connectivity index (χ1v) is 7.84. The molecule has 1 unspecified atom stereocenters. The van der Waals surface area contributed by atoms with Crippen molar-refractivity contribution in [3.8, 4) is 0 Å². The Morgan fingerprint density at radius 2 is 2.22 bits per heavy atom. The fourth-order valence-electron chi connectivity index (χ4n) is 2.48. The summed E-state index contributed by atoms with van der Waals surface area (Å²) in [5, 5.41) is 3.67. The molecule has 1 N–H and O–H groups in total. The number of nitrogens with one attached hydrogen (secondary N) is 1. The second-order valence-electron chi connectivity index (χ2n) is 4.61. The zero-order chi connectivity index (χ0) is 12.4. The maximum Gasteiger partial charge on any atom is 0.0704 e. The number of aromatic nitrogens is 1. The van der Waals surface area contributed by atoms with Crippen LogP contribution >= 0.6 is 27.3 Å². The molecule has 2 aromatic heterocycles. The van der Waals surface area contributed by atoms with Gasteiger partial charge >= 0.3 is 0 Å². The van der Waals surface area contributed by atoms with E-state index in [1.54, 1.807) is 4.88 Å². The molecule has 0 saturated heterocycles. The van der Waals surface area contributed by atoms with E-state index in [0.717, 1.165) is 6.54 Å². The fraction of sp³-hybridized carbons (Fsp3) is 0.357. The van der Waals surface area contributed by atoms with Crippen LogP contribution in [0.15, 0.2) is 34.4 Å². The van der Waals surface area contributed by atoms with Crippen LogP contribution in [0.2, 0.25) is 0 Å². The highest BCUT2D eigenvalue weighted by atomic mass is 79.9. The van der Waals surface area contributed by atoms with E-state index < -0.39 is 0 Å². The smallest absolute Gasteiger partial charge is 0.0704 e. The van der Waals surface area contributed by atoms with Gasteiger partial charge in [0.2, 0.25) is 0 Å². The van der Waals surface area contributed by atoms with E-state index >= 15 is 0 Å². The van der Waals surface area contributed by atoms with Gasteiger partial charge in [0.05, 0.1) is 3.79 Å². The molecule has 2 heterocycles. The Morgan fingerprint density at radius 3 is 3.06 bits per heavy atom. The van der Waals surface area contributed by atoms with Gasteiger partial charge in [-0.25, -0.2) is 0 Å². The van der Waals surface area contributed by atoms with E-state index in [9.17, 15) is 0 Å². The van der Waals surface area contributed by atoms with Gasteiger partial charge in [-0.1, -0.05) is 0 Å². The first kappa shape index (κ1) is 12.3. The minimum absolute atomic E-state index is 0.504. The minimum atomic E-state index is 0.504. The lowest BCUT2D eigenvalue weighted by molar-refractivity contribution is 0.463. The van der Waals surface area contributed by atoms with Gasteiger partial charge < -0.3 is 5.32 Å². The van der Waals surface area contributed by atoms with Gasteiger partial charge in [-0.15, -0.1) is 11.3 Å². The Morgan fingerprint density at radius 1 is 1.39 bits per heavy atom. The number of fused-ring (bicyclic) bond motifs is 1. The van der Waals surface area contributed by atoms with Crippen LogP contribution in [0.5, 0.6) is 0 Å². The lowest BCUT2D eigenvalue weighted by atomic mass is 9.94. The summed E-state index contributed by atoms with van der Waals surface area (Å²) >= 11 is 5.48. The molecule has 0 bridgehead atoms. The van der Waals surface area contributed by atoms with E-state index in [2.05, 4.69) is 44.4 Å². The van der Waals surface area contributed by atoms with E-state index in [0.29, 0.717) is 6.04 Å². The van der Waals surface area contributed by atoms with E-state index in [4.69, 9.17) is 0 Å². The topological polar surface area (TPSA) is 24.9 Å². The summed E-state index contributed by atoms with van der Waals surface area (Å²) in [6.45, 7) is 0.917. The Balaban J connectivity index is 1.71. The molecule has 18 heavy (non-hydrogen) atoms. The molecule has 4 heteroatoms. The zero-order valence-corrected chi connectivity index (χ0v) is 12.4. The first-order valence-electron chi connectivity index (χ1n) is 6.23. The quantitative estimate of drug-likeness (QED) is 0.921. The molecule has 0 amide bonds. The molecular weight excluding hydrogens is 308 g/mol. The van der Waals surface area contributed by atoms with Crippen LogP contribution in [0.4, 0.5) is 0 Å². The summed E-state index contributed by atoms with van der Waals surface area (Å²) in [6.07, 6.45) is 7.46. The number of hydrogen-bond acceptors (Lipinski definition) is 3. The van der Waals surface area contributed by atoms with Crippen LogP contribution < -0.4 is 5.32 Å². The van der Waals surface area contributed by atoms with Gasteiger partial charge in [0.1, 0.15) is 0 Å². The molecule has 0 spiro atoms. The highest BCUT2D eigenvalue weighted by Crippen LogP contribution is 2.37. The molecule has 0 aliphatic heterocycles. The van der Waals surface area contributed by atoms with E-state index in [1.165, 1.54) is 34.2 Å². The number of hydrogen-bond donors (Lipinski definition) is 1. The van der Waals surface area contributed by atoms with Crippen molar-refractivity contribution in [1.29, 1.82) is 0 Å². The average Bonchev–Trinajstić information content (AvgIpc) is 2.78. The third kappa shape index (κ3) is 2.66. The normalized spacial score (nSPS) is 18.6. The Labute approximate surface area is 120 Å². The predicted molar refractivity (Wildman–Crippen MR) is 78.8 cm³/mol. The van der Waals surface area contributed by atoms with E-state index in [-0.39, 0.29) is 0 Å². The highest BCUT2D eigenvalue weighted by Gasteiger charge is 2.21. The van der Waals surface area contributed by atoms with Gasteiger partial charge in [0, 0.05) is 29.9 Å². The lowest BCUT2D eigenvalue weighted by Crippen LogP contribution is -2.23. The zero-order valence-electron chi connectivity index (χ0n) is 10.0. The minimum Gasteiger partial charge on any atom is -0.306 e. The Bertz CT molecular complexity index is 524. The number of nitrogens with zero attached hydrogens (tertiary/aromatic N) is 1. The molecule has 0 radical (unpaired) electrons. The summed E-state index contributed by atoms with van der Waals surface area (Å²) in [5.74, 6) is 0. The Kier molecular flexibility index (Phi) is 3.77.